The van der Waals surface area contributed by atoms with Gasteiger partial charge in [0.25, 0.3) is 0 Å². The topological polar surface area (TPSA) is 43.7 Å². The van der Waals surface area contributed by atoms with Gasteiger partial charge in [-0.05, 0) is 60.2 Å². The second kappa shape index (κ2) is 8.88. The van der Waals surface area contributed by atoms with Crippen molar-refractivity contribution in [3.63, 3.8) is 0 Å². The highest BCUT2D eigenvalue weighted by molar-refractivity contribution is 7.19. The van der Waals surface area contributed by atoms with Crippen molar-refractivity contribution < 1.29 is 13.9 Å². The number of methoxy groups -OCH3 is 2. The van der Waals surface area contributed by atoms with Gasteiger partial charge in [-0.25, -0.2) is 14.4 Å². The summed E-state index contributed by atoms with van der Waals surface area (Å²) in [5.74, 6) is 1.24. The molecule has 1 aromatic heterocycles. The van der Waals surface area contributed by atoms with Gasteiger partial charge in [-0.15, -0.1) is 0 Å². The van der Waals surface area contributed by atoms with Crippen molar-refractivity contribution in [2.75, 3.05) is 14.2 Å². The summed E-state index contributed by atoms with van der Waals surface area (Å²) in [6, 6.07) is 22.0. The maximum Gasteiger partial charge on any atom is 0.210 e. The zero-order valence-electron chi connectivity index (χ0n) is 16.5. The molecule has 0 unspecified atom stereocenters. The number of aliphatic imine (C=N–C) groups is 1. The van der Waals surface area contributed by atoms with Crippen LogP contribution >= 0.6 is 11.3 Å². The van der Waals surface area contributed by atoms with Crippen LogP contribution in [0.25, 0.3) is 21.7 Å². The van der Waals surface area contributed by atoms with Crippen LogP contribution in [0.3, 0.4) is 0 Å². The maximum atomic E-state index is 13.9. The van der Waals surface area contributed by atoms with Gasteiger partial charge in [0, 0.05) is 17.3 Å². The Morgan fingerprint density at radius 2 is 1.43 bits per heavy atom. The number of benzene rings is 3. The van der Waals surface area contributed by atoms with Crippen molar-refractivity contribution in [2.45, 2.75) is 0 Å². The monoisotopic (exact) mass is 418 g/mol. The number of thiazole rings is 1. The predicted octanol–water partition coefficient (Wildman–Crippen LogP) is 6.38. The first-order chi connectivity index (χ1) is 14.7. The molecule has 4 rings (SSSR count). The molecule has 0 radical (unpaired) electrons. The molecule has 0 amide bonds. The molecule has 0 saturated heterocycles. The van der Waals surface area contributed by atoms with Crippen molar-refractivity contribution in [1.82, 2.24) is 4.98 Å². The van der Waals surface area contributed by atoms with E-state index >= 15 is 0 Å². The minimum absolute atomic E-state index is 0.316. The third-order valence-corrected chi connectivity index (χ3v) is 5.56. The molecule has 0 atom stereocenters. The average molecular weight is 418 g/mol. The molecule has 150 valence electrons. The smallest absolute Gasteiger partial charge is 0.210 e. The lowest BCUT2D eigenvalue weighted by molar-refractivity contribution is 0.414. The van der Waals surface area contributed by atoms with Gasteiger partial charge in [-0.2, -0.15) is 0 Å². The van der Waals surface area contributed by atoms with Crippen molar-refractivity contribution in [3.05, 3.63) is 84.2 Å². The van der Waals surface area contributed by atoms with Crippen LogP contribution in [0.4, 0.5) is 9.52 Å². The van der Waals surface area contributed by atoms with Crippen molar-refractivity contribution >= 4 is 22.7 Å². The van der Waals surface area contributed by atoms with E-state index in [1.807, 2.05) is 48.5 Å². The zero-order chi connectivity index (χ0) is 20.9. The summed E-state index contributed by atoms with van der Waals surface area (Å²) in [4.78, 5) is 10.1. The Hall–Kier alpha value is -3.51. The number of hydrogen-bond acceptors (Lipinski definition) is 5. The lowest BCUT2D eigenvalue weighted by Crippen LogP contribution is -1.86. The zero-order valence-corrected chi connectivity index (χ0v) is 17.3. The number of ether oxygens (including phenoxy) is 2. The highest BCUT2D eigenvalue weighted by Gasteiger charge is 2.15. The molecule has 0 aliphatic rings. The Kier molecular flexibility index (Phi) is 5.86. The van der Waals surface area contributed by atoms with Gasteiger partial charge < -0.3 is 9.47 Å². The van der Waals surface area contributed by atoms with Gasteiger partial charge in [-0.3, -0.25) is 0 Å². The van der Waals surface area contributed by atoms with Crippen LogP contribution in [-0.4, -0.2) is 25.4 Å². The fraction of sp³-hybridized carbons (Fsp3) is 0.0833. The first-order valence-corrected chi connectivity index (χ1v) is 10.1. The van der Waals surface area contributed by atoms with E-state index in [4.69, 9.17) is 14.5 Å². The molecular weight excluding hydrogens is 399 g/mol. The first-order valence-electron chi connectivity index (χ1n) is 9.26. The number of nitrogens with zero attached hydrogens (tertiary/aromatic N) is 2. The fourth-order valence-corrected chi connectivity index (χ4v) is 3.89. The molecule has 0 N–H and O–H groups in total. The summed E-state index contributed by atoms with van der Waals surface area (Å²) >= 11 is 1.45. The number of hydrogen-bond donors (Lipinski definition) is 0. The molecule has 4 aromatic rings. The van der Waals surface area contributed by atoms with E-state index in [1.54, 1.807) is 32.4 Å². The summed E-state index contributed by atoms with van der Waals surface area (Å²) in [6.45, 7) is 0. The summed E-state index contributed by atoms with van der Waals surface area (Å²) in [5, 5.41) is 0.551. The van der Waals surface area contributed by atoms with Gasteiger partial charge in [0.2, 0.25) is 5.13 Å². The highest BCUT2D eigenvalue weighted by atomic mass is 32.1. The van der Waals surface area contributed by atoms with E-state index in [-0.39, 0.29) is 5.82 Å². The second-order valence-electron chi connectivity index (χ2n) is 6.41. The highest BCUT2D eigenvalue weighted by Crippen LogP contribution is 2.40. The maximum absolute atomic E-state index is 13.9. The van der Waals surface area contributed by atoms with Crippen LogP contribution in [0.1, 0.15) is 5.56 Å². The van der Waals surface area contributed by atoms with Crippen LogP contribution in [0.15, 0.2) is 77.8 Å². The average Bonchev–Trinajstić information content (AvgIpc) is 3.23. The van der Waals surface area contributed by atoms with Gasteiger partial charge in [0.1, 0.15) is 17.3 Å². The van der Waals surface area contributed by atoms with Crippen LogP contribution in [0.5, 0.6) is 11.5 Å². The van der Waals surface area contributed by atoms with E-state index in [1.165, 1.54) is 23.6 Å². The van der Waals surface area contributed by atoms with Gasteiger partial charge >= 0.3 is 0 Å². The van der Waals surface area contributed by atoms with E-state index < -0.39 is 0 Å². The van der Waals surface area contributed by atoms with Crippen LogP contribution in [0, 0.1) is 5.82 Å². The Balaban J connectivity index is 1.76. The summed E-state index contributed by atoms with van der Waals surface area (Å²) in [6.07, 6.45) is 1.50. The molecule has 1 heterocycles. The Bertz CT molecular complexity index is 1100. The van der Waals surface area contributed by atoms with Crippen molar-refractivity contribution in [3.8, 4) is 33.2 Å². The van der Waals surface area contributed by atoms with E-state index in [9.17, 15) is 4.39 Å². The minimum Gasteiger partial charge on any atom is -0.497 e. The lowest BCUT2D eigenvalue weighted by atomic mass is 10.1. The van der Waals surface area contributed by atoms with Crippen molar-refractivity contribution in [1.29, 1.82) is 0 Å². The number of halogens is 1. The SMILES string of the molecule is COc1ccc(-c2nc(N=Cc3ccccc3F)sc2-c2ccc(OC)cc2)cc1. The van der Waals surface area contributed by atoms with E-state index in [0.717, 1.165) is 33.2 Å². The second-order valence-corrected chi connectivity index (χ2v) is 7.39. The van der Waals surface area contributed by atoms with Gasteiger partial charge in [-0.1, -0.05) is 29.5 Å². The predicted molar refractivity (Wildman–Crippen MR) is 120 cm³/mol. The van der Waals surface area contributed by atoms with Gasteiger partial charge in [0.15, 0.2) is 0 Å². The number of aromatic nitrogens is 1. The molecular formula is C24H19FN2O2S. The Morgan fingerprint density at radius 3 is 2.03 bits per heavy atom. The lowest BCUT2D eigenvalue weighted by Gasteiger charge is -2.05. The molecule has 30 heavy (non-hydrogen) atoms. The van der Waals surface area contributed by atoms with Gasteiger partial charge in [0.05, 0.1) is 24.8 Å². The van der Waals surface area contributed by atoms with Crippen LogP contribution in [-0.2, 0) is 0 Å². The fourth-order valence-electron chi connectivity index (χ4n) is 2.95. The largest absolute Gasteiger partial charge is 0.497 e. The standard InChI is InChI=1S/C24H19FN2O2S/c1-28-19-11-7-16(8-12-19)22-23(17-9-13-20(29-2)14-10-17)30-24(27-22)26-15-18-5-3-4-6-21(18)25/h3-15H,1-2H3. The molecule has 4 nitrogen and oxygen atoms in total. The molecule has 3 aromatic carbocycles. The molecule has 6 heteroatoms. The Morgan fingerprint density at radius 1 is 0.833 bits per heavy atom. The van der Waals surface area contributed by atoms with E-state index in [0.29, 0.717) is 10.7 Å². The number of rotatable bonds is 6. The molecule has 0 saturated carbocycles. The minimum atomic E-state index is -0.316. The summed E-state index contributed by atoms with van der Waals surface area (Å²) in [7, 11) is 3.27. The quantitative estimate of drug-likeness (QED) is 0.341. The third-order valence-electron chi connectivity index (χ3n) is 4.55. The summed E-state index contributed by atoms with van der Waals surface area (Å²) < 4.78 is 24.4. The Labute approximate surface area is 178 Å². The molecule has 0 fully saturated rings. The van der Waals surface area contributed by atoms with Crippen LogP contribution in [0.2, 0.25) is 0 Å². The first kappa shape index (κ1) is 19.8. The van der Waals surface area contributed by atoms with Crippen molar-refractivity contribution in [2.24, 2.45) is 4.99 Å². The van der Waals surface area contributed by atoms with E-state index in [2.05, 4.69) is 4.99 Å². The third kappa shape index (κ3) is 4.23. The normalized spacial score (nSPS) is 11.0. The summed E-state index contributed by atoms with van der Waals surface area (Å²) in [5.41, 5.74) is 3.19. The molecule has 0 bridgehead atoms. The van der Waals surface area contributed by atoms with Crippen LogP contribution < -0.4 is 9.47 Å². The molecule has 0 aliphatic heterocycles. The molecule has 0 spiro atoms. The molecule has 0 aliphatic carbocycles.